The van der Waals surface area contributed by atoms with E-state index in [0.29, 0.717) is 40.7 Å². The SMILES string of the molecule is COC(=O)[C@H](CCNC(=O)C(=O)Nc1ccc(Oc2ccccc2)cc1)NC(=O)c1ccc(Nc2nc(NC3(c4ccc(Cl)cc4)CC3)nc(OCC(F)(F)F)n2)cc1. The van der Waals surface area contributed by atoms with Gasteiger partial charge in [0.1, 0.15) is 17.5 Å². The summed E-state index contributed by atoms with van der Waals surface area (Å²) in [7, 11) is 1.13. The second-order valence-electron chi connectivity index (χ2n) is 13.1. The fourth-order valence-corrected chi connectivity index (χ4v) is 5.69. The number of carbonyl (C=O) groups excluding carboxylic acids is 4. The summed E-state index contributed by atoms with van der Waals surface area (Å²) < 4.78 is 54.3. The Balaban J connectivity index is 1.03. The van der Waals surface area contributed by atoms with Gasteiger partial charge in [-0.15, -0.1) is 0 Å². The van der Waals surface area contributed by atoms with Crippen molar-refractivity contribution in [2.24, 2.45) is 0 Å². The molecule has 5 N–H and O–H groups in total. The van der Waals surface area contributed by atoms with E-state index in [-0.39, 0.29) is 30.4 Å². The van der Waals surface area contributed by atoms with Crippen LogP contribution >= 0.6 is 11.6 Å². The summed E-state index contributed by atoms with van der Waals surface area (Å²) >= 11 is 6.04. The third kappa shape index (κ3) is 12.0. The van der Waals surface area contributed by atoms with E-state index in [1.54, 1.807) is 48.5 Å². The summed E-state index contributed by atoms with van der Waals surface area (Å²) in [6.07, 6.45) is -3.35. The van der Waals surface area contributed by atoms with Crippen LogP contribution in [0.2, 0.25) is 5.02 Å². The number of anilines is 4. The van der Waals surface area contributed by atoms with E-state index in [4.69, 9.17) is 25.8 Å². The number of ether oxygens (including phenoxy) is 3. The molecule has 1 aliphatic carbocycles. The van der Waals surface area contributed by atoms with Crippen LogP contribution < -0.4 is 36.1 Å². The summed E-state index contributed by atoms with van der Waals surface area (Å²) in [5.74, 6) is -2.40. The van der Waals surface area contributed by atoms with Crippen LogP contribution in [0.1, 0.15) is 35.2 Å². The highest BCUT2D eigenvalue weighted by atomic mass is 35.5. The maximum atomic E-state index is 13.1. The van der Waals surface area contributed by atoms with Gasteiger partial charge < -0.3 is 40.8 Å². The molecule has 1 aliphatic rings. The molecule has 1 saturated carbocycles. The summed E-state index contributed by atoms with van der Waals surface area (Å²) in [6, 6.07) is 26.6. The van der Waals surface area contributed by atoms with Gasteiger partial charge in [0.25, 0.3) is 5.91 Å². The molecule has 1 atom stereocenters. The van der Waals surface area contributed by atoms with Crippen molar-refractivity contribution >= 4 is 58.6 Å². The maximum Gasteiger partial charge on any atom is 0.422 e. The van der Waals surface area contributed by atoms with Crippen molar-refractivity contribution in [2.45, 2.75) is 37.0 Å². The Labute approximate surface area is 340 Å². The van der Waals surface area contributed by atoms with Crippen molar-refractivity contribution in [3.8, 4) is 17.5 Å². The number of para-hydroxylation sites is 1. The van der Waals surface area contributed by atoms with Crippen LogP contribution in [0, 0.1) is 0 Å². The molecule has 3 amide bonds. The molecule has 0 radical (unpaired) electrons. The van der Waals surface area contributed by atoms with E-state index < -0.39 is 54.1 Å². The molecule has 306 valence electrons. The van der Waals surface area contributed by atoms with Gasteiger partial charge in [0.2, 0.25) is 11.9 Å². The highest BCUT2D eigenvalue weighted by Crippen LogP contribution is 2.48. The third-order valence-corrected chi connectivity index (χ3v) is 8.94. The Morgan fingerprint density at radius 1 is 0.797 bits per heavy atom. The number of nitrogens with one attached hydrogen (secondary N) is 5. The number of hydrogen-bond acceptors (Lipinski definition) is 12. The smallest absolute Gasteiger partial charge is 0.422 e. The van der Waals surface area contributed by atoms with E-state index >= 15 is 0 Å². The van der Waals surface area contributed by atoms with Crippen molar-refractivity contribution in [1.82, 2.24) is 25.6 Å². The fourth-order valence-electron chi connectivity index (χ4n) is 5.57. The number of alkyl halides is 3. The quantitative estimate of drug-likeness (QED) is 0.0535. The maximum absolute atomic E-state index is 13.1. The minimum absolute atomic E-state index is 0.0335. The van der Waals surface area contributed by atoms with Gasteiger partial charge in [-0.3, -0.25) is 14.4 Å². The van der Waals surface area contributed by atoms with Gasteiger partial charge in [0, 0.05) is 28.5 Å². The molecule has 4 aromatic carbocycles. The fraction of sp³-hybridized carbons (Fsp3) is 0.225. The van der Waals surface area contributed by atoms with Crippen LogP contribution in [-0.4, -0.2) is 71.1 Å². The van der Waals surface area contributed by atoms with Crippen LogP contribution in [0.3, 0.4) is 0 Å². The highest BCUT2D eigenvalue weighted by molar-refractivity contribution is 6.39. The van der Waals surface area contributed by atoms with E-state index in [9.17, 15) is 32.3 Å². The Morgan fingerprint density at radius 2 is 1.44 bits per heavy atom. The molecule has 0 unspecified atom stereocenters. The molecule has 1 heterocycles. The number of methoxy groups -OCH3 is 1. The first-order valence-electron chi connectivity index (χ1n) is 18.0. The minimum Gasteiger partial charge on any atom is -0.467 e. The molecule has 1 fully saturated rings. The van der Waals surface area contributed by atoms with Crippen molar-refractivity contribution in [2.75, 3.05) is 36.2 Å². The van der Waals surface area contributed by atoms with Crippen LogP contribution in [-0.2, 0) is 24.7 Å². The zero-order valence-corrected chi connectivity index (χ0v) is 31.9. The molecule has 59 heavy (non-hydrogen) atoms. The van der Waals surface area contributed by atoms with Gasteiger partial charge in [0.15, 0.2) is 6.61 Å². The van der Waals surface area contributed by atoms with Gasteiger partial charge in [-0.05, 0) is 97.6 Å². The largest absolute Gasteiger partial charge is 0.467 e. The third-order valence-electron chi connectivity index (χ3n) is 8.69. The Bertz CT molecular complexity index is 2260. The van der Waals surface area contributed by atoms with Gasteiger partial charge in [-0.1, -0.05) is 41.9 Å². The molecule has 1 aromatic heterocycles. The zero-order valence-electron chi connectivity index (χ0n) is 31.1. The standard InChI is InChI=1S/C40H36ClF3N8O7/c1-57-35(56)31(19-22-45-33(54)34(55)46-27-15-17-30(18-16-27)59-29-5-3-2-4-6-29)48-32(53)24-7-13-28(14-8-24)47-36-49-37(51-38(50-36)58-23-40(42,43)44)52-39(20-21-39)25-9-11-26(41)12-10-25/h2-18,31H,19-23H2,1H3,(H,45,54)(H,46,55)(H,48,53)(H2,47,49,50,51,52)/t31-/m0/s1. The lowest BCUT2D eigenvalue weighted by Crippen LogP contribution is -2.44. The van der Waals surface area contributed by atoms with E-state index in [1.165, 1.54) is 24.3 Å². The lowest BCUT2D eigenvalue weighted by atomic mass is 10.1. The normalized spacial score (nSPS) is 13.2. The minimum atomic E-state index is -4.64. The molecule has 15 nitrogen and oxygen atoms in total. The van der Waals surface area contributed by atoms with E-state index in [0.717, 1.165) is 12.7 Å². The Morgan fingerprint density at radius 3 is 2.08 bits per heavy atom. The monoisotopic (exact) mass is 832 g/mol. The van der Waals surface area contributed by atoms with Crippen LogP contribution in [0.15, 0.2) is 103 Å². The zero-order chi connectivity index (χ0) is 42.0. The first-order chi connectivity index (χ1) is 28.3. The molecular formula is C40H36ClF3N8O7. The van der Waals surface area contributed by atoms with E-state index in [1.807, 2.05) is 30.3 Å². The van der Waals surface area contributed by atoms with Gasteiger partial charge in [0.05, 0.1) is 12.6 Å². The first kappa shape index (κ1) is 41.7. The molecule has 19 heteroatoms. The summed E-state index contributed by atoms with van der Waals surface area (Å²) in [5.41, 5.74) is 1.15. The number of esters is 1. The van der Waals surface area contributed by atoms with Gasteiger partial charge in [-0.2, -0.15) is 28.1 Å². The highest BCUT2D eigenvalue weighted by Gasteiger charge is 2.45. The van der Waals surface area contributed by atoms with Crippen molar-refractivity contribution in [1.29, 1.82) is 0 Å². The number of aromatic nitrogens is 3. The molecular weight excluding hydrogens is 797 g/mol. The lowest BCUT2D eigenvalue weighted by molar-refractivity contribution is -0.154. The number of hydrogen-bond donors (Lipinski definition) is 5. The Kier molecular flexibility index (Phi) is 13.1. The van der Waals surface area contributed by atoms with Crippen LogP contribution in [0.4, 0.5) is 36.4 Å². The van der Waals surface area contributed by atoms with Crippen LogP contribution in [0.5, 0.6) is 17.5 Å². The molecule has 0 bridgehead atoms. The van der Waals surface area contributed by atoms with Crippen LogP contribution in [0.25, 0.3) is 0 Å². The Hall–Kier alpha value is -6.95. The lowest BCUT2D eigenvalue weighted by Gasteiger charge is -2.19. The van der Waals surface area contributed by atoms with Crippen molar-refractivity contribution in [3.63, 3.8) is 0 Å². The first-order valence-corrected chi connectivity index (χ1v) is 18.3. The second kappa shape index (κ2) is 18.5. The number of nitrogens with zero attached hydrogens (tertiary/aromatic N) is 3. The van der Waals surface area contributed by atoms with E-state index in [2.05, 4.69) is 41.5 Å². The average molecular weight is 833 g/mol. The number of amides is 3. The number of benzene rings is 4. The molecule has 0 spiro atoms. The molecule has 0 aliphatic heterocycles. The van der Waals surface area contributed by atoms with Crippen molar-refractivity contribution < 1.29 is 46.6 Å². The molecule has 6 rings (SSSR count). The predicted molar refractivity (Wildman–Crippen MR) is 210 cm³/mol. The summed E-state index contributed by atoms with van der Waals surface area (Å²) in [5, 5.41) is 14.0. The average Bonchev–Trinajstić information content (AvgIpc) is 4.00. The topological polar surface area (TPSA) is 195 Å². The summed E-state index contributed by atoms with van der Waals surface area (Å²) in [6.45, 7) is -1.80. The molecule has 5 aromatic rings. The van der Waals surface area contributed by atoms with Gasteiger partial charge >= 0.3 is 30.0 Å². The number of rotatable bonds is 16. The summed E-state index contributed by atoms with van der Waals surface area (Å²) in [4.78, 5) is 63.0. The number of carbonyl (C=O) groups is 4. The second-order valence-corrected chi connectivity index (χ2v) is 13.5. The molecule has 0 saturated heterocycles. The van der Waals surface area contributed by atoms with Gasteiger partial charge in [-0.25, -0.2) is 4.79 Å². The number of halogens is 4. The predicted octanol–water partition coefficient (Wildman–Crippen LogP) is 6.52. The van der Waals surface area contributed by atoms with Crippen molar-refractivity contribution in [3.05, 3.63) is 119 Å².